The molecule has 2 heterocycles. The number of ketones is 1. The molecule has 4 nitrogen and oxygen atoms in total. The molecule has 0 radical (unpaired) electrons. The molecule has 2 aromatic rings. The molecule has 160 valence electrons. The molecule has 4 fully saturated rings. The van der Waals surface area contributed by atoms with Crippen molar-refractivity contribution < 1.29 is 4.79 Å². The first kappa shape index (κ1) is 19.2. The summed E-state index contributed by atoms with van der Waals surface area (Å²) in [5.41, 5.74) is 4.33. The SMILES string of the molecule is Cc1ccc(N2C=C(C(=O)c3ccncc3)CN(C34CC5CC(CC(C5)C3)C4)C2)cc1. The molecule has 4 saturated carbocycles. The largest absolute Gasteiger partial charge is 0.334 e. The van der Waals surface area contributed by atoms with Crippen molar-refractivity contribution >= 4 is 11.5 Å². The van der Waals surface area contributed by atoms with E-state index in [-0.39, 0.29) is 11.3 Å². The molecule has 0 N–H and O–H groups in total. The van der Waals surface area contributed by atoms with Crippen LogP contribution in [0.15, 0.2) is 60.6 Å². The highest BCUT2D eigenvalue weighted by Crippen LogP contribution is 2.58. The van der Waals surface area contributed by atoms with Gasteiger partial charge in [-0.15, -0.1) is 0 Å². The zero-order valence-corrected chi connectivity index (χ0v) is 18.3. The molecule has 0 amide bonds. The Morgan fingerprint density at radius 1 is 0.935 bits per heavy atom. The van der Waals surface area contributed by atoms with Crippen LogP contribution in [0.25, 0.3) is 0 Å². The first-order valence-electron chi connectivity index (χ1n) is 11.8. The number of rotatable bonds is 4. The molecule has 0 spiro atoms. The van der Waals surface area contributed by atoms with Gasteiger partial charge in [0.25, 0.3) is 0 Å². The van der Waals surface area contributed by atoms with Gasteiger partial charge in [0.1, 0.15) is 0 Å². The van der Waals surface area contributed by atoms with Gasteiger partial charge in [-0.1, -0.05) is 17.7 Å². The summed E-state index contributed by atoms with van der Waals surface area (Å²) in [4.78, 5) is 22.5. The molecule has 5 aliphatic rings. The molecule has 1 aromatic carbocycles. The zero-order valence-electron chi connectivity index (χ0n) is 18.3. The maximum absolute atomic E-state index is 13.5. The fraction of sp³-hybridized carbons (Fsp3) is 0.481. The number of anilines is 1. The average molecular weight is 414 g/mol. The van der Waals surface area contributed by atoms with Gasteiger partial charge in [0.15, 0.2) is 5.78 Å². The Labute approximate surface area is 185 Å². The van der Waals surface area contributed by atoms with E-state index in [0.717, 1.165) is 42.1 Å². The van der Waals surface area contributed by atoms with Crippen LogP contribution in [-0.4, -0.2) is 34.4 Å². The van der Waals surface area contributed by atoms with Crippen LogP contribution in [0.4, 0.5) is 5.69 Å². The minimum atomic E-state index is 0.133. The van der Waals surface area contributed by atoms with Gasteiger partial charge in [-0.3, -0.25) is 14.7 Å². The second kappa shape index (κ2) is 7.30. The molecule has 4 bridgehead atoms. The maximum atomic E-state index is 13.5. The zero-order chi connectivity index (χ0) is 21.0. The summed E-state index contributed by atoms with van der Waals surface area (Å²) in [7, 11) is 0. The minimum absolute atomic E-state index is 0.133. The normalized spacial score (nSPS) is 32.2. The summed E-state index contributed by atoms with van der Waals surface area (Å²) >= 11 is 0. The van der Waals surface area contributed by atoms with E-state index in [4.69, 9.17) is 0 Å². The number of benzene rings is 1. The van der Waals surface area contributed by atoms with Crippen LogP contribution in [0.3, 0.4) is 0 Å². The number of aromatic nitrogens is 1. The van der Waals surface area contributed by atoms with Crippen LogP contribution in [0.1, 0.15) is 54.4 Å². The Morgan fingerprint density at radius 3 is 2.16 bits per heavy atom. The first-order chi connectivity index (χ1) is 15.1. The van der Waals surface area contributed by atoms with Crippen LogP contribution in [0, 0.1) is 24.7 Å². The quantitative estimate of drug-likeness (QED) is 0.645. The third-order valence-electron chi connectivity index (χ3n) is 8.27. The third kappa shape index (κ3) is 3.41. The lowest BCUT2D eigenvalue weighted by molar-refractivity contribution is -0.0859. The highest BCUT2D eigenvalue weighted by atomic mass is 16.1. The summed E-state index contributed by atoms with van der Waals surface area (Å²) in [5.74, 6) is 2.81. The molecule has 31 heavy (non-hydrogen) atoms. The average Bonchev–Trinajstić information content (AvgIpc) is 2.78. The summed E-state index contributed by atoms with van der Waals surface area (Å²) < 4.78 is 0. The van der Waals surface area contributed by atoms with Crippen LogP contribution in [0.2, 0.25) is 0 Å². The van der Waals surface area contributed by atoms with E-state index in [2.05, 4.69) is 52.2 Å². The van der Waals surface area contributed by atoms with Crippen molar-refractivity contribution in [2.75, 3.05) is 18.1 Å². The molecule has 1 aromatic heterocycles. The molecule has 1 aliphatic heterocycles. The van der Waals surface area contributed by atoms with E-state index in [1.54, 1.807) is 12.4 Å². The van der Waals surface area contributed by atoms with E-state index in [0.29, 0.717) is 0 Å². The van der Waals surface area contributed by atoms with Crippen molar-refractivity contribution in [2.24, 2.45) is 17.8 Å². The van der Waals surface area contributed by atoms with E-state index in [9.17, 15) is 4.79 Å². The van der Waals surface area contributed by atoms with E-state index in [1.165, 1.54) is 49.8 Å². The highest BCUT2D eigenvalue weighted by Gasteiger charge is 2.54. The Kier molecular flexibility index (Phi) is 4.53. The molecule has 0 atom stereocenters. The lowest BCUT2D eigenvalue weighted by Crippen LogP contribution is -2.63. The standard InChI is InChI=1S/C27H31N3O/c1-19-2-4-25(5-3-19)29-16-24(26(31)23-6-8-28-9-7-23)17-30(18-29)27-13-20-10-21(14-27)12-22(11-20)15-27/h2-9,16,20-22H,10-15,17-18H2,1H3. The second-order valence-electron chi connectivity index (χ2n) is 10.5. The van der Waals surface area contributed by atoms with E-state index in [1.807, 2.05) is 12.1 Å². The number of hydrogen-bond donors (Lipinski definition) is 0. The molecule has 7 rings (SSSR count). The molecule has 0 saturated heterocycles. The second-order valence-corrected chi connectivity index (χ2v) is 10.5. The number of carbonyl (C=O) groups excluding carboxylic acids is 1. The number of Topliss-reactive ketones (excluding diaryl/α,β-unsaturated/α-hetero) is 1. The highest BCUT2D eigenvalue weighted by molar-refractivity contribution is 6.09. The summed E-state index contributed by atoms with van der Waals surface area (Å²) in [5, 5.41) is 0. The van der Waals surface area contributed by atoms with Crippen molar-refractivity contribution in [1.29, 1.82) is 0 Å². The minimum Gasteiger partial charge on any atom is -0.334 e. The Hall–Kier alpha value is -2.46. The van der Waals surface area contributed by atoms with Crippen LogP contribution < -0.4 is 4.90 Å². The first-order valence-corrected chi connectivity index (χ1v) is 11.8. The molecule has 4 heteroatoms. The maximum Gasteiger partial charge on any atom is 0.191 e. The lowest BCUT2D eigenvalue weighted by Gasteiger charge is -2.61. The summed E-state index contributed by atoms with van der Waals surface area (Å²) in [6, 6.07) is 12.4. The topological polar surface area (TPSA) is 36.4 Å². The summed E-state index contributed by atoms with van der Waals surface area (Å²) in [6.45, 7) is 3.76. The van der Waals surface area contributed by atoms with E-state index < -0.39 is 0 Å². The van der Waals surface area contributed by atoms with Gasteiger partial charge in [-0.2, -0.15) is 0 Å². The van der Waals surface area contributed by atoms with Gasteiger partial charge >= 0.3 is 0 Å². The number of nitrogens with zero attached hydrogens (tertiary/aromatic N) is 3. The van der Waals surface area contributed by atoms with Gasteiger partial charge in [0.2, 0.25) is 0 Å². The van der Waals surface area contributed by atoms with Gasteiger partial charge in [-0.25, -0.2) is 0 Å². The van der Waals surface area contributed by atoms with Crippen molar-refractivity contribution in [3.63, 3.8) is 0 Å². The number of pyridine rings is 1. The Morgan fingerprint density at radius 2 is 1.55 bits per heavy atom. The third-order valence-corrected chi connectivity index (χ3v) is 8.27. The predicted octanol–water partition coefficient (Wildman–Crippen LogP) is 5.21. The number of hydrogen-bond acceptors (Lipinski definition) is 4. The van der Waals surface area contributed by atoms with Gasteiger partial charge in [0, 0.05) is 47.5 Å². The Balaban J connectivity index is 1.36. The number of aryl methyl sites for hydroxylation is 1. The molecule has 4 aliphatic carbocycles. The van der Waals surface area contributed by atoms with Crippen LogP contribution >= 0.6 is 0 Å². The van der Waals surface area contributed by atoms with Crippen molar-refractivity contribution in [2.45, 2.75) is 51.0 Å². The number of carbonyl (C=O) groups is 1. The molecule has 0 unspecified atom stereocenters. The van der Waals surface area contributed by atoms with Gasteiger partial charge in [0.05, 0.1) is 6.67 Å². The van der Waals surface area contributed by atoms with Crippen LogP contribution in [-0.2, 0) is 0 Å². The van der Waals surface area contributed by atoms with Gasteiger partial charge < -0.3 is 4.90 Å². The predicted molar refractivity (Wildman–Crippen MR) is 123 cm³/mol. The van der Waals surface area contributed by atoms with Crippen molar-refractivity contribution in [3.05, 3.63) is 71.7 Å². The van der Waals surface area contributed by atoms with Gasteiger partial charge in [-0.05, 0) is 87.5 Å². The van der Waals surface area contributed by atoms with Crippen LogP contribution in [0.5, 0.6) is 0 Å². The summed E-state index contributed by atoms with van der Waals surface area (Å²) in [6.07, 6.45) is 13.8. The lowest BCUT2D eigenvalue weighted by atomic mass is 9.52. The van der Waals surface area contributed by atoms with E-state index >= 15 is 0 Å². The van der Waals surface area contributed by atoms with Crippen molar-refractivity contribution in [1.82, 2.24) is 9.88 Å². The monoisotopic (exact) mass is 413 g/mol. The fourth-order valence-corrected chi connectivity index (χ4v) is 7.19. The smallest absolute Gasteiger partial charge is 0.191 e. The molecular formula is C27H31N3O. The van der Waals surface area contributed by atoms with Crippen molar-refractivity contribution in [3.8, 4) is 0 Å². The fourth-order valence-electron chi connectivity index (χ4n) is 7.19. The Bertz CT molecular complexity index is 975. The molecular weight excluding hydrogens is 382 g/mol.